The van der Waals surface area contributed by atoms with E-state index in [0.717, 1.165) is 17.0 Å². The van der Waals surface area contributed by atoms with Gasteiger partial charge in [-0.25, -0.2) is 0 Å². The molecule has 0 fully saturated rings. The smallest absolute Gasteiger partial charge is 0.0482 e. The second-order valence-electron chi connectivity index (χ2n) is 3.47. The summed E-state index contributed by atoms with van der Waals surface area (Å²) in [7, 11) is 0. The van der Waals surface area contributed by atoms with E-state index in [9.17, 15) is 0 Å². The number of anilines is 1. The van der Waals surface area contributed by atoms with Gasteiger partial charge in [0.05, 0.1) is 0 Å². The summed E-state index contributed by atoms with van der Waals surface area (Å²) in [5, 5.41) is 2.10. The fourth-order valence-electron chi connectivity index (χ4n) is 1.35. The summed E-state index contributed by atoms with van der Waals surface area (Å²) < 4.78 is 1.19. The number of benzene rings is 1. The molecule has 0 unspecified atom stereocenters. The number of thioether (sulfide) groups is 1. The Labute approximate surface area is 112 Å². The molecule has 2 rings (SSSR count). The average molecular weight is 314 g/mol. The van der Waals surface area contributed by atoms with Crippen LogP contribution in [0.25, 0.3) is 0 Å². The lowest BCUT2D eigenvalue weighted by molar-refractivity contribution is 1.36. The van der Waals surface area contributed by atoms with Crippen molar-refractivity contribution in [1.29, 1.82) is 0 Å². The van der Waals surface area contributed by atoms with Gasteiger partial charge < -0.3 is 5.73 Å². The molecule has 0 saturated carbocycles. The maximum atomic E-state index is 6.03. The summed E-state index contributed by atoms with van der Waals surface area (Å²) in [6, 6.07) is 8.26. The molecule has 16 heavy (non-hydrogen) atoms. The second-order valence-corrected chi connectivity index (χ2v) is 6.34. The Hall–Kier alpha value is -0.450. The molecule has 2 aromatic rings. The van der Waals surface area contributed by atoms with E-state index in [0.29, 0.717) is 0 Å². The zero-order valence-corrected chi connectivity index (χ0v) is 12.1. The number of nitrogens with two attached hydrogens (primary N) is 1. The largest absolute Gasteiger partial charge is 0.398 e. The van der Waals surface area contributed by atoms with E-state index >= 15 is 0 Å². The Morgan fingerprint density at radius 3 is 2.88 bits per heavy atom. The highest BCUT2D eigenvalue weighted by Gasteiger charge is 2.05. The topological polar surface area (TPSA) is 26.0 Å². The summed E-state index contributed by atoms with van der Waals surface area (Å²) >= 11 is 7.10. The van der Waals surface area contributed by atoms with Crippen LogP contribution in [-0.4, -0.2) is 0 Å². The molecule has 0 spiro atoms. The van der Waals surface area contributed by atoms with E-state index in [1.54, 1.807) is 23.1 Å². The van der Waals surface area contributed by atoms with E-state index in [1.165, 1.54) is 14.2 Å². The molecular weight excluding hydrogens is 302 g/mol. The van der Waals surface area contributed by atoms with Gasteiger partial charge in [0.25, 0.3) is 0 Å². The highest BCUT2D eigenvalue weighted by atomic mass is 79.9. The summed E-state index contributed by atoms with van der Waals surface area (Å²) in [5.74, 6) is 0.964. The van der Waals surface area contributed by atoms with Crippen LogP contribution in [0.4, 0.5) is 5.69 Å². The Kier molecular flexibility index (Phi) is 3.95. The molecule has 1 nitrogen and oxygen atoms in total. The fourth-order valence-corrected chi connectivity index (χ4v) is 4.20. The molecule has 0 aliphatic rings. The SMILES string of the molecule is Cc1cccc(SCc2sccc2Br)c1N. The molecule has 0 aliphatic heterocycles. The standard InChI is InChI=1S/C12H12BrNS2/c1-8-3-2-4-10(12(8)14)16-7-11-9(13)5-6-15-11/h2-6H,7,14H2,1H3. The van der Waals surface area contributed by atoms with Crippen molar-refractivity contribution in [3.8, 4) is 0 Å². The Balaban J connectivity index is 2.11. The zero-order chi connectivity index (χ0) is 11.5. The number of rotatable bonds is 3. The molecule has 4 heteroatoms. The van der Waals surface area contributed by atoms with Crippen LogP contribution < -0.4 is 5.73 Å². The van der Waals surface area contributed by atoms with Gasteiger partial charge in [0.1, 0.15) is 0 Å². The molecule has 0 aliphatic carbocycles. The molecule has 0 amide bonds. The van der Waals surface area contributed by atoms with Crippen LogP contribution in [0.2, 0.25) is 0 Å². The Morgan fingerprint density at radius 2 is 2.19 bits per heavy atom. The number of thiophene rings is 1. The van der Waals surface area contributed by atoms with Crippen LogP contribution in [-0.2, 0) is 5.75 Å². The second kappa shape index (κ2) is 5.25. The van der Waals surface area contributed by atoms with Gasteiger partial charge in [0.15, 0.2) is 0 Å². The first kappa shape index (κ1) is 12.0. The van der Waals surface area contributed by atoms with Gasteiger partial charge in [0.2, 0.25) is 0 Å². The van der Waals surface area contributed by atoms with Gasteiger partial charge in [-0.3, -0.25) is 0 Å². The van der Waals surface area contributed by atoms with Gasteiger partial charge in [-0.1, -0.05) is 12.1 Å². The van der Waals surface area contributed by atoms with E-state index in [-0.39, 0.29) is 0 Å². The Bertz CT molecular complexity index is 494. The summed E-state index contributed by atoms with van der Waals surface area (Å²) in [4.78, 5) is 2.52. The normalized spacial score (nSPS) is 10.6. The maximum absolute atomic E-state index is 6.03. The zero-order valence-electron chi connectivity index (χ0n) is 8.87. The molecule has 0 bridgehead atoms. The minimum atomic E-state index is 0.903. The van der Waals surface area contributed by atoms with Crippen molar-refractivity contribution in [2.45, 2.75) is 17.6 Å². The van der Waals surface area contributed by atoms with Crippen LogP contribution in [0.3, 0.4) is 0 Å². The molecule has 0 radical (unpaired) electrons. The number of para-hydroxylation sites is 1. The van der Waals surface area contributed by atoms with Crippen LogP contribution in [0.15, 0.2) is 39.0 Å². The van der Waals surface area contributed by atoms with Crippen molar-refractivity contribution in [2.75, 3.05) is 5.73 Å². The molecule has 1 heterocycles. The van der Waals surface area contributed by atoms with E-state index in [2.05, 4.69) is 39.5 Å². The number of hydrogen-bond acceptors (Lipinski definition) is 3. The quantitative estimate of drug-likeness (QED) is 0.657. The summed E-state index contributed by atoms with van der Waals surface area (Å²) in [5.41, 5.74) is 8.08. The molecule has 1 aromatic carbocycles. The van der Waals surface area contributed by atoms with Gasteiger partial charge in [-0.2, -0.15) is 0 Å². The third-order valence-corrected chi connectivity index (χ3v) is 5.54. The third kappa shape index (κ3) is 2.62. The van der Waals surface area contributed by atoms with E-state index in [4.69, 9.17) is 5.73 Å². The van der Waals surface area contributed by atoms with Gasteiger partial charge in [0, 0.05) is 25.7 Å². The lowest BCUT2D eigenvalue weighted by Gasteiger charge is -2.07. The van der Waals surface area contributed by atoms with Crippen LogP contribution >= 0.6 is 39.0 Å². The predicted molar refractivity (Wildman–Crippen MR) is 77.2 cm³/mol. The molecule has 1 aromatic heterocycles. The average Bonchev–Trinajstić information content (AvgIpc) is 2.67. The number of hydrogen-bond donors (Lipinski definition) is 1. The first-order chi connectivity index (χ1) is 7.68. The van der Waals surface area contributed by atoms with Crippen LogP contribution in [0.5, 0.6) is 0 Å². The Morgan fingerprint density at radius 1 is 1.38 bits per heavy atom. The van der Waals surface area contributed by atoms with Crippen LogP contribution in [0, 0.1) is 6.92 Å². The lowest BCUT2D eigenvalue weighted by Crippen LogP contribution is -1.92. The fraction of sp³-hybridized carbons (Fsp3) is 0.167. The van der Waals surface area contributed by atoms with Gasteiger partial charge >= 0.3 is 0 Å². The highest BCUT2D eigenvalue weighted by molar-refractivity contribution is 9.10. The van der Waals surface area contributed by atoms with Crippen molar-refractivity contribution in [3.63, 3.8) is 0 Å². The van der Waals surface area contributed by atoms with Crippen molar-refractivity contribution in [2.24, 2.45) is 0 Å². The van der Waals surface area contributed by atoms with Crippen molar-refractivity contribution in [3.05, 3.63) is 44.6 Å². The molecule has 0 saturated heterocycles. The molecular formula is C12H12BrNS2. The first-order valence-corrected chi connectivity index (χ1v) is 7.54. The van der Waals surface area contributed by atoms with Crippen LogP contribution in [0.1, 0.15) is 10.4 Å². The highest BCUT2D eigenvalue weighted by Crippen LogP contribution is 2.33. The molecule has 84 valence electrons. The minimum Gasteiger partial charge on any atom is -0.398 e. The lowest BCUT2D eigenvalue weighted by atomic mass is 10.2. The molecule has 0 atom stereocenters. The number of aryl methyl sites for hydroxylation is 1. The maximum Gasteiger partial charge on any atom is 0.0482 e. The monoisotopic (exact) mass is 313 g/mol. The summed E-state index contributed by atoms with van der Waals surface area (Å²) in [6.07, 6.45) is 0. The first-order valence-electron chi connectivity index (χ1n) is 4.88. The van der Waals surface area contributed by atoms with Crippen molar-refractivity contribution >= 4 is 44.7 Å². The number of nitrogen functional groups attached to an aromatic ring is 1. The van der Waals surface area contributed by atoms with E-state index in [1.807, 2.05) is 13.0 Å². The summed E-state index contributed by atoms with van der Waals surface area (Å²) in [6.45, 7) is 2.04. The predicted octanol–water partition coefficient (Wildman–Crippen LogP) is 4.69. The third-order valence-electron chi connectivity index (χ3n) is 2.33. The molecule has 2 N–H and O–H groups in total. The van der Waals surface area contributed by atoms with Crippen molar-refractivity contribution < 1.29 is 0 Å². The van der Waals surface area contributed by atoms with Gasteiger partial charge in [-0.05, 0) is 45.9 Å². The number of halogens is 1. The van der Waals surface area contributed by atoms with Gasteiger partial charge in [-0.15, -0.1) is 23.1 Å². The van der Waals surface area contributed by atoms with E-state index < -0.39 is 0 Å². The minimum absolute atomic E-state index is 0.903. The van der Waals surface area contributed by atoms with Crippen molar-refractivity contribution in [1.82, 2.24) is 0 Å².